The maximum Gasteiger partial charge on any atom is 0.265 e. The molecular weight excluding hydrogens is 827 g/mol. The lowest BCUT2D eigenvalue weighted by atomic mass is 9.57. The molecule has 1 N–H and O–H groups in total. The zero-order valence-electron chi connectivity index (χ0n) is 34.3. The average Bonchev–Trinajstić information content (AvgIpc) is 3.60. The highest BCUT2D eigenvalue weighted by atomic mass is 79.9. The summed E-state index contributed by atoms with van der Waals surface area (Å²) < 4.78 is 54.1. The minimum Gasteiger partial charge on any atom is -0.507 e. The van der Waals surface area contributed by atoms with E-state index in [1.807, 2.05) is 114 Å². The molecule has 308 valence electrons. The molecule has 0 amide bonds. The molecule has 3 aliphatic rings. The maximum absolute atomic E-state index is 17.1. The largest absolute Gasteiger partial charge is 0.507 e. The molecule has 1 heterocycles. The van der Waals surface area contributed by atoms with E-state index in [-0.39, 0.29) is 75.7 Å². The highest BCUT2D eigenvalue weighted by molar-refractivity contribution is 9.10. The molecule has 0 unspecified atom stereocenters. The molecule has 58 heavy (non-hydrogen) atoms. The lowest BCUT2D eigenvalue weighted by molar-refractivity contribution is -0.140. The summed E-state index contributed by atoms with van der Waals surface area (Å²) in [6.45, 7) is 10.2. The molecule has 3 aliphatic carbocycles. The number of Topliss-reactive ketones (excluding diaryl/α,β-unsaturated/α-hetero) is 2. The summed E-state index contributed by atoms with van der Waals surface area (Å²) in [6, 6.07) is 18.1. The number of aliphatic hydroxyl groups excluding tert-OH is 1. The predicted octanol–water partition coefficient (Wildman–Crippen LogP) is 9.32. The van der Waals surface area contributed by atoms with Gasteiger partial charge in [-0.3, -0.25) is 14.5 Å². The van der Waals surface area contributed by atoms with E-state index in [2.05, 4.69) is 21.1 Å². The number of benzene rings is 3. The molecule has 0 aliphatic heterocycles. The topological polar surface area (TPSA) is 130 Å². The lowest BCUT2D eigenvalue weighted by Gasteiger charge is -2.55. The molecule has 3 aromatic carbocycles. The smallest absolute Gasteiger partial charge is 0.265 e. The fraction of sp³-hybridized carbons (Fsp3) is 0.432. The van der Waals surface area contributed by atoms with Crippen molar-refractivity contribution < 1.29 is 47.0 Å². The van der Waals surface area contributed by atoms with Crippen molar-refractivity contribution in [1.29, 1.82) is 0 Å². The summed E-state index contributed by atoms with van der Waals surface area (Å²) in [6.07, 6.45) is -0.955. The van der Waals surface area contributed by atoms with Crippen LogP contribution in [-0.2, 0) is 38.3 Å². The second kappa shape index (κ2) is 15.8. The van der Waals surface area contributed by atoms with Gasteiger partial charge in [-0.15, -0.1) is 0 Å². The Kier molecular flexibility index (Phi) is 11.4. The van der Waals surface area contributed by atoms with Crippen LogP contribution in [0.15, 0.2) is 75.2 Å². The number of aromatic nitrogens is 1. The minimum absolute atomic E-state index is 0.00410. The van der Waals surface area contributed by atoms with Crippen molar-refractivity contribution in [3.63, 3.8) is 0 Å². The van der Waals surface area contributed by atoms with Crippen molar-refractivity contribution in [2.75, 3.05) is 28.3 Å². The molecule has 0 spiro atoms. The Hall–Kier alpha value is -4.18. The number of halogens is 2. The highest BCUT2D eigenvalue weighted by Gasteiger charge is 2.69. The van der Waals surface area contributed by atoms with Crippen LogP contribution in [0, 0.1) is 17.7 Å². The van der Waals surface area contributed by atoms with E-state index in [0.29, 0.717) is 0 Å². The van der Waals surface area contributed by atoms with Crippen LogP contribution in [0.1, 0.15) is 83.5 Å². The van der Waals surface area contributed by atoms with E-state index in [4.69, 9.17) is 27.9 Å². The number of nitrogens with zero attached hydrogens (tertiary/aromatic N) is 2. The molecule has 0 radical (unpaired) electrons. The molecule has 4 aromatic rings. The van der Waals surface area contributed by atoms with Gasteiger partial charge in [0.05, 0.1) is 21.6 Å². The van der Waals surface area contributed by atoms with Crippen molar-refractivity contribution in [2.24, 2.45) is 11.8 Å². The zero-order chi connectivity index (χ0) is 41.9. The summed E-state index contributed by atoms with van der Waals surface area (Å²) in [7, 11) is 3.50. The van der Waals surface area contributed by atoms with Gasteiger partial charge in [-0.25, -0.2) is 4.39 Å². The summed E-state index contributed by atoms with van der Waals surface area (Å²) in [4.78, 5) is 33.3. The fourth-order valence-corrected chi connectivity index (χ4v) is 10.5. The molecule has 0 saturated heterocycles. The summed E-state index contributed by atoms with van der Waals surface area (Å²) in [5.74, 6) is -3.68. The van der Waals surface area contributed by atoms with Gasteiger partial charge < -0.3 is 33.0 Å². The van der Waals surface area contributed by atoms with Gasteiger partial charge >= 0.3 is 0 Å². The van der Waals surface area contributed by atoms with Gasteiger partial charge in [-0.05, 0) is 83.2 Å². The SMILES string of the molecule is COC(OC)c1c(F)c2c(c(OCc3ccccc3)c1Br)C(O)=C1C(=O)[C@]3(O[Si](C)(C)C(C)(C)C)C(=O)c4c(OCc5ccccc5)noc4[C@@H](N(C)C)[C@@H]3C[C@@H]1C2. The Morgan fingerprint density at radius 1 is 0.966 bits per heavy atom. The summed E-state index contributed by atoms with van der Waals surface area (Å²) >= 11 is 3.56. The van der Waals surface area contributed by atoms with Crippen LogP contribution >= 0.6 is 15.9 Å². The lowest BCUT2D eigenvalue weighted by Crippen LogP contribution is -2.68. The number of carbonyl (C=O) groups is 2. The molecular formula is C44H50BrFN2O9Si. The Morgan fingerprint density at radius 2 is 1.55 bits per heavy atom. The molecule has 7 rings (SSSR count). The Morgan fingerprint density at radius 3 is 2.10 bits per heavy atom. The zero-order valence-corrected chi connectivity index (χ0v) is 36.9. The van der Waals surface area contributed by atoms with Gasteiger partial charge in [-0.1, -0.05) is 81.4 Å². The van der Waals surface area contributed by atoms with Gasteiger partial charge in [0, 0.05) is 31.3 Å². The number of carbonyl (C=O) groups excluding carboxylic acids is 2. The Labute approximate surface area is 347 Å². The summed E-state index contributed by atoms with van der Waals surface area (Å²) in [5, 5.41) is 16.4. The number of methoxy groups -OCH3 is 2. The second-order valence-electron chi connectivity index (χ2n) is 17.0. The Balaban J connectivity index is 1.45. The van der Waals surface area contributed by atoms with Crippen molar-refractivity contribution in [3.05, 3.63) is 116 Å². The molecule has 14 heteroatoms. The molecule has 1 saturated carbocycles. The number of hydrogen-bond donors (Lipinski definition) is 1. The first-order valence-electron chi connectivity index (χ1n) is 19.3. The van der Waals surface area contributed by atoms with Gasteiger partial charge in [0.2, 0.25) is 11.6 Å². The monoisotopic (exact) mass is 876 g/mol. The van der Waals surface area contributed by atoms with Crippen LogP contribution in [0.4, 0.5) is 4.39 Å². The first-order valence-corrected chi connectivity index (χ1v) is 23.0. The van der Waals surface area contributed by atoms with E-state index in [1.54, 1.807) is 0 Å². The minimum atomic E-state index is -2.98. The third-order valence-electron chi connectivity index (χ3n) is 12.2. The van der Waals surface area contributed by atoms with E-state index in [1.165, 1.54) is 14.2 Å². The quantitative estimate of drug-likeness (QED) is 0.0831. The molecule has 0 bridgehead atoms. The maximum atomic E-state index is 17.1. The van der Waals surface area contributed by atoms with Gasteiger partial charge in [0.25, 0.3) is 5.88 Å². The van der Waals surface area contributed by atoms with Crippen LogP contribution in [0.3, 0.4) is 0 Å². The predicted molar refractivity (Wildman–Crippen MR) is 221 cm³/mol. The molecule has 1 fully saturated rings. The Bertz CT molecular complexity index is 2250. The number of rotatable bonds is 12. The van der Waals surface area contributed by atoms with Crippen LogP contribution in [-0.4, -0.2) is 69.0 Å². The molecule has 4 atom stereocenters. The van der Waals surface area contributed by atoms with E-state index in [9.17, 15) is 5.11 Å². The normalized spacial score (nSPS) is 21.8. The first kappa shape index (κ1) is 42.0. The van der Waals surface area contributed by atoms with Crippen LogP contribution in [0.2, 0.25) is 18.1 Å². The van der Waals surface area contributed by atoms with Crippen LogP contribution in [0.5, 0.6) is 11.6 Å². The van der Waals surface area contributed by atoms with Crippen LogP contribution < -0.4 is 9.47 Å². The summed E-state index contributed by atoms with van der Waals surface area (Å²) in [5.41, 5.74) is -0.232. The van der Waals surface area contributed by atoms with E-state index in [0.717, 1.165) is 11.1 Å². The van der Waals surface area contributed by atoms with Gasteiger partial charge in [0.15, 0.2) is 26.0 Å². The van der Waals surface area contributed by atoms with Crippen molar-refractivity contribution in [1.82, 2.24) is 10.1 Å². The third-order valence-corrected chi connectivity index (χ3v) is 17.5. The van der Waals surface area contributed by atoms with Crippen molar-refractivity contribution in [2.45, 2.75) is 82.9 Å². The fourth-order valence-electron chi connectivity index (χ4n) is 8.43. The van der Waals surface area contributed by atoms with Crippen molar-refractivity contribution in [3.8, 4) is 11.6 Å². The van der Waals surface area contributed by atoms with Gasteiger partial charge in [-0.2, -0.15) is 0 Å². The van der Waals surface area contributed by atoms with Gasteiger partial charge in [0.1, 0.15) is 36.1 Å². The van der Waals surface area contributed by atoms with E-state index >= 15 is 14.0 Å². The third kappa shape index (κ3) is 6.84. The second-order valence-corrected chi connectivity index (χ2v) is 22.5. The number of aliphatic hydroxyl groups is 1. The number of hydrogen-bond acceptors (Lipinski definition) is 11. The number of fused-ring (bicyclic) bond motifs is 4. The number of ether oxygens (including phenoxy) is 4. The van der Waals surface area contributed by atoms with E-state index < -0.39 is 66.3 Å². The number of ketones is 2. The molecule has 1 aromatic heterocycles. The molecule has 11 nitrogen and oxygen atoms in total. The average molecular weight is 878 g/mol. The highest BCUT2D eigenvalue weighted by Crippen LogP contribution is 2.60. The standard InChI is InChI=1S/C44H50BrFN2O9Si/c1-43(2,3)58(8,9)57-44-28(35(48(4)5)38-32(40(44)51)41(47-56-38)55-23-25-18-14-11-15-19-25)21-26-20-27-30(36(49)29(26)39(44)50)37(54-22-24-16-12-10-13-17-24)33(45)31(34(27)46)42(52-6)53-7/h10-19,26,28,35,42,49H,20-23H2,1-9H3/t26-,28-,35-,44-/m0/s1. The van der Waals surface area contributed by atoms with Crippen LogP contribution in [0.25, 0.3) is 5.76 Å². The van der Waals surface area contributed by atoms with Crippen molar-refractivity contribution >= 4 is 41.6 Å². The first-order chi connectivity index (χ1) is 27.5.